The average molecular weight is 365 g/mol. The SMILES string of the molecule is O=C(c1csc(-c2ccccc2)n1)N1CCC[C@@H](Oc2ccncc2)C1. The first kappa shape index (κ1) is 16.7. The second-order valence-electron chi connectivity index (χ2n) is 6.22. The molecule has 4 rings (SSSR count). The molecule has 6 heteroatoms. The number of rotatable bonds is 4. The fourth-order valence-electron chi connectivity index (χ4n) is 3.08. The first-order valence-corrected chi connectivity index (χ1v) is 9.54. The number of carbonyl (C=O) groups excluding carboxylic acids is 1. The molecule has 1 atom stereocenters. The molecule has 0 saturated carbocycles. The summed E-state index contributed by atoms with van der Waals surface area (Å²) in [7, 11) is 0. The molecule has 0 aliphatic carbocycles. The molecule has 0 bridgehead atoms. The third kappa shape index (κ3) is 3.75. The van der Waals surface area contributed by atoms with E-state index in [2.05, 4.69) is 9.97 Å². The van der Waals surface area contributed by atoms with E-state index in [1.807, 2.05) is 52.7 Å². The molecule has 1 aromatic carbocycles. The maximum Gasteiger partial charge on any atom is 0.273 e. The van der Waals surface area contributed by atoms with Gasteiger partial charge in [-0.2, -0.15) is 0 Å². The van der Waals surface area contributed by atoms with E-state index < -0.39 is 0 Å². The van der Waals surface area contributed by atoms with Crippen LogP contribution in [0.4, 0.5) is 0 Å². The Kier molecular flexibility index (Phi) is 4.93. The van der Waals surface area contributed by atoms with E-state index in [0.717, 1.165) is 35.7 Å². The normalized spacial score (nSPS) is 17.1. The summed E-state index contributed by atoms with van der Waals surface area (Å²) in [6.45, 7) is 1.33. The highest BCUT2D eigenvalue weighted by molar-refractivity contribution is 7.13. The van der Waals surface area contributed by atoms with Gasteiger partial charge < -0.3 is 9.64 Å². The Morgan fingerprint density at radius 3 is 2.77 bits per heavy atom. The Balaban J connectivity index is 1.44. The van der Waals surface area contributed by atoms with Crippen molar-refractivity contribution < 1.29 is 9.53 Å². The van der Waals surface area contributed by atoms with Crippen LogP contribution in [-0.4, -0.2) is 40.0 Å². The van der Waals surface area contributed by atoms with Gasteiger partial charge in [0, 0.05) is 29.9 Å². The highest BCUT2D eigenvalue weighted by Crippen LogP contribution is 2.25. The summed E-state index contributed by atoms with van der Waals surface area (Å²) in [5, 5.41) is 2.72. The molecule has 5 nitrogen and oxygen atoms in total. The van der Waals surface area contributed by atoms with Crippen molar-refractivity contribution in [2.24, 2.45) is 0 Å². The van der Waals surface area contributed by atoms with Crippen LogP contribution >= 0.6 is 11.3 Å². The van der Waals surface area contributed by atoms with E-state index in [4.69, 9.17) is 4.74 Å². The molecule has 0 N–H and O–H groups in total. The topological polar surface area (TPSA) is 55.3 Å². The number of nitrogens with zero attached hydrogens (tertiary/aromatic N) is 3. The van der Waals surface area contributed by atoms with E-state index in [0.29, 0.717) is 12.2 Å². The molecule has 2 aromatic heterocycles. The largest absolute Gasteiger partial charge is 0.488 e. The summed E-state index contributed by atoms with van der Waals surface area (Å²) < 4.78 is 5.99. The van der Waals surface area contributed by atoms with Crippen LogP contribution in [0, 0.1) is 0 Å². The highest BCUT2D eigenvalue weighted by atomic mass is 32.1. The van der Waals surface area contributed by atoms with Gasteiger partial charge in [0.25, 0.3) is 5.91 Å². The van der Waals surface area contributed by atoms with Gasteiger partial charge >= 0.3 is 0 Å². The number of pyridine rings is 1. The average Bonchev–Trinajstić information content (AvgIpc) is 3.19. The van der Waals surface area contributed by atoms with Crippen molar-refractivity contribution in [3.05, 3.63) is 65.9 Å². The fraction of sp³-hybridized carbons (Fsp3) is 0.250. The van der Waals surface area contributed by atoms with Crippen molar-refractivity contribution in [2.45, 2.75) is 18.9 Å². The van der Waals surface area contributed by atoms with Crippen LogP contribution in [0.15, 0.2) is 60.2 Å². The minimum Gasteiger partial charge on any atom is -0.488 e. The molecule has 3 heterocycles. The molecule has 0 spiro atoms. The summed E-state index contributed by atoms with van der Waals surface area (Å²) in [6.07, 6.45) is 5.29. The standard InChI is InChI=1S/C20H19N3O2S/c24-20(18-14-26-19(22-18)15-5-2-1-3-6-15)23-12-4-7-17(13-23)25-16-8-10-21-11-9-16/h1-3,5-6,8-11,14,17H,4,7,12-13H2/t17-/m1/s1. The summed E-state index contributed by atoms with van der Waals surface area (Å²) >= 11 is 1.50. The molecule has 1 aliphatic heterocycles. The van der Waals surface area contributed by atoms with E-state index >= 15 is 0 Å². The number of likely N-dealkylation sites (tertiary alicyclic amines) is 1. The third-order valence-electron chi connectivity index (χ3n) is 4.36. The van der Waals surface area contributed by atoms with Crippen LogP contribution in [0.3, 0.4) is 0 Å². The van der Waals surface area contributed by atoms with Gasteiger partial charge in [-0.3, -0.25) is 9.78 Å². The molecule has 0 radical (unpaired) electrons. The maximum atomic E-state index is 12.8. The van der Waals surface area contributed by atoms with Crippen LogP contribution in [0.25, 0.3) is 10.6 Å². The molecule has 1 amide bonds. The Morgan fingerprint density at radius 2 is 1.96 bits per heavy atom. The number of hydrogen-bond acceptors (Lipinski definition) is 5. The fourth-order valence-corrected chi connectivity index (χ4v) is 3.88. The first-order valence-electron chi connectivity index (χ1n) is 8.66. The van der Waals surface area contributed by atoms with Gasteiger partial charge in [-0.25, -0.2) is 4.98 Å². The van der Waals surface area contributed by atoms with Crippen LogP contribution in [-0.2, 0) is 0 Å². The number of carbonyl (C=O) groups is 1. The van der Waals surface area contributed by atoms with Gasteiger partial charge in [0.15, 0.2) is 0 Å². The highest BCUT2D eigenvalue weighted by Gasteiger charge is 2.27. The number of benzene rings is 1. The number of aromatic nitrogens is 2. The quantitative estimate of drug-likeness (QED) is 0.704. The van der Waals surface area contributed by atoms with E-state index in [1.165, 1.54) is 11.3 Å². The molecule has 1 aliphatic rings. The lowest BCUT2D eigenvalue weighted by atomic mass is 10.1. The predicted octanol–water partition coefficient (Wildman–Crippen LogP) is 3.89. The molecular weight excluding hydrogens is 346 g/mol. The zero-order chi connectivity index (χ0) is 17.8. The second kappa shape index (κ2) is 7.66. The lowest BCUT2D eigenvalue weighted by Crippen LogP contribution is -2.44. The molecule has 1 fully saturated rings. The summed E-state index contributed by atoms with van der Waals surface area (Å²) in [5.74, 6) is 0.769. The number of ether oxygens (including phenoxy) is 1. The van der Waals surface area contributed by atoms with Gasteiger partial charge in [-0.15, -0.1) is 11.3 Å². The molecule has 0 unspecified atom stereocenters. The summed E-state index contributed by atoms with van der Waals surface area (Å²) in [6, 6.07) is 13.6. The molecule has 132 valence electrons. The van der Waals surface area contributed by atoms with Crippen molar-refractivity contribution in [3.63, 3.8) is 0 Å². The monoisotopic (exact) mass is 365 g/mol. The maximum absolute atomic E-state index is 12.8. The predicted molar refractivity (Wildman–Crippen MR) is 101 cm³/mol. The van der Waals surface area contributed by atoms with Crippen molar-refractivity contribution in [1.82, 2.24) is 14.9 Å². The lowest BCUT2D eigenvalue weighted by Gasteiger charge is -2.32. The molecule has 1 saturated heterocycles. The van der Waals surface area contributed by atoms with Crippen LogP contribution in [0.2, 0.25) is 0 Å². The minimum atomic E-state index is -0.0218. The van der Waals surface area contributed by atoms with E-state index in [9.17, 15) is 4.79 Å². The third-order valence-corrected chi connectivity index (χ3v) is 5.25. The van der Waals surface area contributed by atoms with Crippen LogP contribution in [0.5, 0.6) is 5.75 Å². The lowest BCUT2D eigenvalue weighted by molar-refractivity contribution is 0.0533. The van der Waals surface area contributed by atoms with E-state index in [1.54, 1.807) is 12.4 Å². The van der Waals surface area contributed by atoms with Crippen molar-refractivity contribution in [3.8, 4) is 16.3 Å². The second-order valence-corrected chi connectivity index (χ2v) is 7.08. The van der Waals surface area contributed by atoms with Crippen molar-refractivity contribution >= 4 is 17.2 Å². The number of amides is 1. The summed E-state index contributed by atoms with van der Waals surface area (Å²) in [4.78, 5) is 23.2. The zero-order valence-corrected chi connectivity index (χ0v) is 15.1. The molecular formula is C20H19N3O2S. The Labute approximate surface area is 156 Å². The minimum absolute atomic E-state index is 0.00216. The zero-order valence-electron chi connectivity index (χ0n) is 14.2. The smallest absolute Gasteiger partial charge is 0.273 e. The van der Waals surface area contributed by atoms with Crippen molar-refractivity contribution in [1.29, 1.82) is 0 Å². The number of thiazole rings is 1. The van der Waals surface area contributed by atoms with Gasteiger partial charge in [0.1, 0.15) is 22.6 Å². The number of piperidine rings is 1. The van der Waals surface area contributed by atoms with Crippen LogP contribution < -0.4 is 4.74 Å². The van der Waals surface area contributed by atoms with Gasteiger partial charge in [0.2, 0.25) is 0 Å². The summed E-state index contributed by atoms with van der Waals surface area (Å²) in [5.41, 5.74) is 1.55. The van der Waals surface area contributed by atoms with Crippen LogP contribution in [0.1, 0.15) is 23.3 Å². The van der Waals surface area contributed by atoms with Gasteiger partial charge in [-0.05, 0) is 25.0 Å². The molecule has 26 heavy (non-hydrogen) atoms. The Morgan fingerprint density at radius 1 is 1.15 bits per heavy atom. The Hall–Kier alpha value is -2.73. The van der Waals surface area contributed by atoms with Gasteiger partial charge in [0.05, 0.1) is 6.54 Å². The first-order chi connectivity index (χ1) is 12.8. The van der Waals surface area contributed by atoms with E-state index in [-0.39, 0.29) is 12.0 Å². The van der Waals surface area contributed by atoms with Gasteiger partial charge in [-0.1, -0.05) is 30.3 Å². The molecule has 3 aromatic rings. The number of hydrogen-bond donors (Lipinski definition) is 0. The van der Waals surface area contributed by atoms with Crippen molar-refractivity contribution in [2.75, 3.05) is 13.1 Å². The Bertz CT molecular complexity index is 867.